The molecule has 30 heavy (non-hydrogen) atoms. The Kier molecular flexibility index (Phi) is 5.91. The van der Waals surface area contributed by atoms with Gasteiger partial charge in [0.2, 0.25) is 0 Å². The molecule has 4 aliphatic rings. The summed E-state index contributed by atoms with van der Waals surface area (Å²) in [6.07, 6.45) is 16.3. The molecule has 1 heterocycles. The molecular weight excluding hydrogens is 370 g/mol. The number of allylic oxidation sites excluding steroid dienone is 3. The number of hydrogen-bond donors (Lipinski definition) is 0. The van der Waals surface area contributed by atoms with Crippen LogP contribution in [-0.2, 0) is 4.74 Å². The molecule has 1 saturated heterocycles. The zero-order valence-corrected chi connectivity index (χ0v) is 18.7. The monoisotopic (exact) mass is 407 g/mol. The van der Waals surface area contributed by atoms with Gasteiger partial charge in [-0.25, -0.2) is 0 Å². The predicted octanol–water partition coefficient (Wildman–Crippen LogP) is 5.88. The van der Waals surface area contributed by atoms with E-state index >= 15 is 0 Å². The Balaban J connectivity index is 1.55. The maximum atomic E-state index is 5.65. The minimum Gasteiger partial charge on any atom is -0.497 e. The zero-order valence-electron chi connectivity index (χ0n) is 18.7. The second-order valence-electron chi connectivity index (χ2n) is 9.81. The van der Waals surface area contributed by atoms with E-state index in [0.717, 1.165) is 29.8 Å². The molecule has 0 aromatic heterocycles. The molecule has 1 aromatic carbocycles. The van der Waals surface area contributed by atoms with Crippen molar-refractivity contribution in [1.29, 1.82) is 0 Å². The minimum atomic E-state index is 0.621. The summed E-state index contributed by atoms with van der Waals surface area (Å²) in [7, 11) is 3.59. The van der Waals surface area contributed by atoms with Crippen LogP contribution < -0.4 is 4.74 Å². The normalized spacial score (nSPS) is 33.5. The van der Waals surface area contributed by atoms with Gasteiger partial charge in [0.15, 0.2) is 0 Å². The topological polar surface area (TPSA) is 21.7 Å². The van der Waals surface area contributed by atoms with Crippen LogP contribution in [-0.4, -0.2) is 38.8 Å². The molecule has 2 fully saturated rings. The first-order chi connectivity index (χ1) is 14.8. The molecule has 0 amide bonds. The summed E-state index contributed by atoms with van der Waals surface area (Å²) in [6, 6.07) is 7.00. The molecule has 0 radical (unpaired) electrons. The lowest BCUT2D eigenvalue weighted by Crippen LogP contribution is -2.43. The smallest absolute Gasteiger partial charge is 0.119 e. The Labute approximate surface area is 182 Å². The van der Waals surface area contributed by atoms with Crippen LogP contribution in [0.4, 0.5) is 0 Å². The van der Waals surface area contributed by atoms with E-state index in [4.69, 9.17) is 9.47 Å². The lowest BCUT2D eigenvalue weighted by Gasteiger charge is -2.50. The van der Waals surface area contributed by atoms with Gasteiger partial charge in [0, 0.05) is 12.5 Å². The van der Waals surface area contributed by atoms with Crippen molar-refractivity contribution in [3.63, 3.8) is 0 Å². The average molecular weight is 408 g/mol. The van der Waals surface area contributed by atoms with Gasteiger partial charge in [-0.3, -0.25) is 0 Å². The molecule has 0 N–H and O–H groups in total. The first-order valence-corrected chi connectivity index (χ1v) is 12.1. The van der Waals surface area contributed by atoms with E-state index < -0.39 is 0 Å². The van der Waals surface area contributed by atoms with Crippen LogP contribution in [0.5, 0.6) is 5.75 Å². The van der Waals surface area contributed by atoms with Crippen molar-refractivity contribution in [2.75, 3.05) is 33.9 Å². The summed E-state index contributed by atoms with van der Waals surface area (Å²) in [4.78, 5) is 2.73. The summed E-state index contributed by atoms with van der Waals surface area (Å²) in [6.45, 7) is 3.77. The van der Waals surface area contributed by atoms with Crippen molar-refractivity contribution in [1.82, 2.24) is 4.90 Å². The van der Waals surface area contributed by atoms with Crippen molar-refractivity contribution in [2.45, 2.75) is 56.8 Å². The summed E-state index contributed by atoms with van der Waals surface area (Å²) in [5.41, 5.74) is 3.22. The van der Waals surface area contributed by atoms with Gasteiger partial charge in [-0.1, -0.05) is 25.0 Å². The van der Waals surface area contributed by atoms with Crippen LogP contribution in [0.1, 0.15) is 67.9 Å². The van der Waals surface area contributed by atoms with Gasteiger partial charge in [0.05, 0.1) is 14.2 Å². The molecule has 1 saturated carbocycles. The molecule has 0 bridgehead atoms. The van der Waals surface area contributed by atoms with Crippen LogP contribution in [0.2, 0.25) is 0 Å². The molecule has 3 heteroatoms. The second-order valence-corrected chi connectivity index (χ2v) is 9.81. The molecule has 1 aliphatic heterocycles. The number of benzene rings is 1. The van der Waals surface area contributed by atoms with Gasteiger partial charge in [-0.15, -0.1) is 0 Å². The highest BCUT2D eigenvalue weighted by Crippen LogP contribution is 2.56. The maximum absolute atomic E-state index is 5.65. The third-order valence-electron chi connectivity index (χ3n) is 8.35. The number of nitrogens with zero attached hydrogens (tertiary/aromatic N) is 1. The number of methoxy groups -OCH3 is 2. The molecule has 3 aliphatic carbocycles. The second kappa shape index (κ2) is 8.78. The van der Waals surface area contributed by atoms with E-state index in [1.165, 1.54) is 58.2 Å². The molecule has 0 spiro atoms. The van der Waals surface area contributed by atoms with Crippen molar-refractivity contribution in [3.05, 3.63) is 53.3 Å². The van der Waals surface area contributed by atoms with Gasteiger partial charge in [-0.05, 0) is 104 Å². The van der Waals surface area contributed by atoms with Crippen molar-refractivity contribution in [2.24, 2.45) is 17.8 Å². The molecule has 5 atom stereocenters. The predicted molar refractivity (Wildman–Crippen MR) is 122 cm³/mol. The molecular formula is C27H37NO2. The number of fused-ring (bicyclic) bond motifs is 3. The van der Waals surface area contributed by atoms with E-state index in [1.807, 2.05) is 0 Å². The zero-order chi connectivity index (χ0) is 20.5. The fourth-order valence-electron chi connectivity index (χ4n) is 6.98. The van der Waals surface area contributed by atoms with Crippen LogP contribution in [0.25, 0.3) is 0 Å². The van der Waals surface area contributed by atoms with Gasteiger partial charge < -0.3 is 14.4 Å². The van der Waals surface area contributed by atoms with Gasteiger partial charge in [0.25, 0.3) is 0 Å². The number of ether oxygens (including phenoxy) is 2. The fourth-order valence-corrected chi connectivity index (χ4v) is 6.98. The van der Waals surface area contributed by atoms with Gasteiger partial charge in [0.1, 0.15) is 11.5 Å². The average Bonchev–Trinajstić information content (AvgIpc) is 3.32. The van der Waals surface area contributed by atoms with E-state index in [0.29, 0.717) is 17.8 Å². The lowest BCUT2D eigenvalue weighted by atomic mass is 9.55. The molecule has 3 nitrogen and oxygen atoms in total. The Morgan fingerprint density at radius 2 is 1.80 bits per heavy atom. The largest absolute Gasteiger partial charge is 0.497 e. The molecule has 5 rings (SSSR count). The quantitative estimate of drug-likeness (QED) is 0.608. The third kappa shape index (κ3) is 3.70. The minimum absolute atomic E-state index is 0.621. The standard InChI is InChI=1S/C27H37NO2/c1-29-20-11-9-19(10-12-20)27-24-8-4-3-7-22(24)25-17-21(30-2)13-14-23(25)26(27)18-28-15-5-6-16-28/h9,11-14,17,19,22,24,26-27H,3-8,10,15-16,18H2,1-2H3/t19?,22-,24+,26+,27+/m1/s1. The first kappa shape index (κ1) is 20.2. The highest BCUT2D eigenvalue weighted by molar-refractivity contribution is 5.44. The van der Waals surface area contributed by atoms with Crippen LogP contribution in [0.3, 0.4) is 0 Å². The fraction of sp³-hybridized carbons (Fsp3) is 0.630. The third-order valence-corrected chi connectivity index (χ3v) is 8.35. The van der Waals surface area contributed by atoms with Gasteiger partial charge >= 0.3 is 0 Å². The molecule has 162 valence electrons. The highest BCUT2D eigenvalue weighted by atomic mass is 16.5. The van der Waals surface area contributed by atoms with Crippen molar-refractivity contribution < 1.29 is 9.47 Å². The summed E-state index contributed by atoms with van der Waals surface area (Å²) < 4.78 is 11.2. The van der Waals surface area contributed by atoms with E-state index in [9.17, 15) is 0 Å². The molecule has 1 aromatic rings. The van der Waals surface area contributed by atoms with E-state index in [1.54, 1.807) is 25.3 Å². The Hall–Kier alpha value is -1.74. The van der Waals surface area contributed by atoms with Crippen LogP contribution in [0, 0.1) is 17.8 Å². The maximum Gasteiger partial charge on any atom is 0.119 e. The number of likely N-dealkylation sites (tertiary alicyclic amines) is 1. The highest BCUT2D eigenvalue weighted by Gasteiger charge is 2.46. The van der Waals surface area contributed by atoms with Crippen molar-refractivity contribution in [3.8, 4) is 5.75 Å². The number of rotatable bonds is 5. The summed E-state index contributed by atoms with van der Waals surface area (Å²) >= 11 is 0. The van der Waals surface area contributed by atoms with Crippen LogP contribution >= 0.6 is 0 Å². The van der Waals surface area contributed by atoms with E-state index in [-0.39, 0.29) is 0 Å². The lowest BCUT2D eigenvalue weighted by molar-refractivity contribution is 0.108. The van der Waals surface area contributed by atoms with E-state index in [2.05, 4.69) is 41.3 Å². The Morgan fingerprint density at radius 1 is 0.967 bits per heavy atom. The number of hydrogen-bond acceptors (Lipinski definition) is 3. The van der Waals surface area contributed by atoms with Gasteiger partial charge in [-0.2, -0.15) is 0 Å². The Morgan fingerprint density at radius 3 is 2.53 bits per heavy atom. The summed E-state index contributed by atoms with van der Waals surface area (Å²) in [5.74, 6) is 5.52. The molecule has 1 unspecified atom stereocenters. The SMILES string of the molecule is COC1=CCC([C@H]2[C@H]3CCCC[C@H]3c3cc(OC)ccc3[C@@H]2CN2CCCC2)C=C1. The van der Waals surface area contributed by atoms with Crippen molar-refractivity contribution >= 4 is 0 Å². The summed E-state index contributed by atoms with van der Waals surface area (Å²) in [5, 5.41) is 0. The Bertz CT molecular complexity index is 807. The first-order valence-electron chi connectivity index (χ1n) is 12.1. The van der Waals surface area contributed by atoms with Crippen LogP contribution in [0.15, 0.2) is 42.2 Å².